The van der Waals surface area contributed by atoms with Crippen molar-refractivity contribution in [3.05, 3.63) is 35.5 Å². The summed E-state index contributed by atoms with van der Waals surface area (Å²) >= 11 is 0. The molecule has 0 spiro atoms. The van der Waals surface area contributed by atoms with Gasteiger partial charge in [0.1, 0.15) is 0 Å². The van der Waals surface area contributed by atoms with Crippen LogP contribution in [0.5, 0.6) is 0 Å². The molecule has 3 atom stereocenters. The third-order valence-electron chi connectivity index (χ3n) is 6.20. The minimum Gasteiger partial charge on any atom is -0.351 e. The number of rotatable bonds is 2. The van der Waals surface area contributed by atoms with Crippen molar-refractivity contribution in [2.75, 3.05) is 31.1 Å². The number of likely N-dealkylation sites (tertiary alicyclic amines) is 1. The first-order valence-electron chi connectivity index (χ1n) is 9.94. The molecule has 1 unspecified atom stereocenters. The fraction of sp³-hybridized carbons (Fsp3) is 0.579. The molecular weight excluding hydrogens is 394 g/mol. The first-order chi connectivity index (χ1) is 13.9. The van der Waals surface area contributed by atoms with Crippen LogP contribution in [0.2, 0.25) is 0 Å². The Hall–Kier alpha value is -2.49. The van der Waals surface area contributed by atoms with Crippen molar-refractivity contribution in [1.82, 2.24) is 20.0 Å². The average Bonchev–Trinajstić information content (AvgIpc) is 3.38. The maximum absolute atomic E-state index is 12.9. The molecule has 2 saturated heterocycles. The monoisotopic (exact) mass is 417 g/mol. The van der Waals surface area contributed by atoms with Crippen LogP contribution < -0.4 is 4.90 Å². The van der Waals surface area contributed by atoms with Gasteiger partial charge < -0.3 is 14.3 Å². The number of carbonyl (C=O) groups is 1. The second-order valence-electron chi connectivity index (χ2n) is 8.31. The fourth-order valence-corrected chi connectivity index (χ4v) is 6.73. The molecule has 3 aliphatic rings. The molecule has 3 aliphatic heterocycles. The number of piperidine rings is 1. The maximum Gasteiger partial charge on any atom is 0.292 e. The Labute approximate surface area is 169 Å². The number of amides is 1. The van der Waals surface area contributed by atoms with Crippen molar-refractivity contribution < 1.29 is 17.7 Å². The van der Waals surface area contributed by atoms with Crippen LogP contribution >= 0.6 is 0 Å². The van der Waals surface area contributed by atoms with E-state index in [1.807, 2.05) is 0 Å². The molecule has 0 N–H and O–H groups in total. The molecule has 0 saturated carbocycles. The number of carbonyl (C=O) groups excluding carboxylic acids is 1. The van der Waals surface area contributed by atoms with Crippen molar-refractivity contribution in [3.63, 3.8) is 0 Å². The molecule has 2 aromatic rings. The van der Waals surface area contributed by atoms with E-state index in [4.69, 9.17) is 9.51 Å². The number of anilines is 1. The molecule has 0 aromatic carbocycles. The Morgan fingerprint density at radius 2 is 2.14 bits per heavy atom. The Morgan fingerprint density at radius 1 is 1.28 bits per heavy atom. The summed E-state index contributed by atoms with van der Waals surface area (Å²) in [5.41, 5.74) is 1.41. The van der Waals surface area contributed by atoms with E-state index in [-0.39, 0.29) is 29.9 Å². The van der Waals surface area contributed by atoms with Gasteiger partial charge in [-0.25, -0.2) is 18.4 Å². The highest BCUT2D eigenvalue weighted by molar-refractivity contribution is 7.91. The zero-order chi connectivity index (χ0) is 20.2. The van der Waals surface area contributed by atoms with Gasteiger partial charge in [-0.15, -0.1) is 0 Å². The SMILES string of the molecule is CC1CCCN(c2ncc3c(n2)[C@H]2CN(C(=O)c4ccno4)C[C@H]2S(=O)(=O)C3)C1. The van der Waals surface area contributed by atoms with Gasteiger partial charge in [0, 0.05) is 49.9 Å². The lowest BCUT2D eigenvalue weighted by atomic mass is 9.99. The highest BCUT2D eigenvalue weighted by atomic mass is 32.2. The highest BCUT2D eigenvalue weighted by Gasteiger charge is 2.49. The van der Waals surface area contributed by atoms with Crippen LogP contribution in [0.25, 0.3) is 0 Å². The van der Waals surface area contributed by atoms with E-state index in [0.29, 0.717) is 24.0 Å². The van der Waals surface area contributed by atoms with E-state index in [9.17, 15) is 13.2 Å². The Morgan fingerprint density at radius 3 is 2.90 bits per heavy atom. The van der Waals surface area contributed by atoms with E-state index >= 15 is 0 Å². The summed E-state index contributed by atoms with van der Waals surface area (Å²) in [6.45, 7) is 4.47. The smallest absolute Gasteiger partial charge is 0.292 e. The number of fused-ring (bicyclic) bond motifs is 3. The molecule has 9 nitrogen and oxygen atoms in total. The number of hydrogen-bond donors (Lipinski definition) is 0. The summed E-state index contributed by atoms with van der Waals surface area (Å²) in [6.07, 6.45) is 5.36. The zero-order valence-corrected chi connectivity index (χ0v) is 17.0. The quantitative estimate of drug-likeness (QED) is 0.718. The zero-order valence-electron chi connectivity index (χ0n) is 16.2. The van der Waals surface area contributed by atoms with Gasteiger partial charge in [0.15, 0.2) is 9.84 Å². The normalized spacial score (nSPS) is 28.1. The van der Waals surface area contributed by atoms with E-state index in [1.54, 1.807) is 6.20 Å². The van der Waals surface area contributed by atoms with Gasteiger partial charge in [0.2, 0.25) is 11.7 Å². The molecule has 10 heteroatoms. The van der Waals surface area contributed by atoms with Crippen LogP contribution in [-0.2, 0) is 15.6 Å². The van der Waals surface area contributed by atoms with Crippen molar-refractivity contribution >= 4 is 21.7 Å². The number of sulfone groups is 1. The summed E-state index contributed by atoms with van der Waals surface area (Å²) in [7, 11) is -3.39. The van der Waals surface area contributed by atoms with E-state index in [2.05, 4.69) is 22.0 Å². The van der Waals surface area contributed by atoms with Crippen LogP contribution in [0, 0.1) is 5.92 Å². The molecule has 0 bridgehead atoms. The Kier molecular flexibility index (Phi) is 4.34. The summed E-state index contributed by atoms with van der Waals surface area (Å²) in [4.78, 5) is 25.7. The van der Waals surface area contributed by atoms with Crippen LogP contribution in [0.15, 0.2) is 23.0 Å². The highest BCUT2D eigenvalue weighted by Crippen LogP contribution is 2.40. The first kappa shape index (κ1) is 18.5. The van der Waals surface area contributed by atoms with Crippen LogP contribution in [0.4, 0.5) is 5.95 Å². The molecule has 154 valence electrons. The van der Waals surface area contributed by atoms with Crippen LogP contribution in [0.3, 0.4) is 0 Å². The van der Waals surface area contributed by atoms with Gasteiger partial charge in [0.25, 0.3) is 5.91 Å². The van der Waals surface area contributed by atoms with E-state index in [0.717, 1.165) is 25.2 Å². The van der Waals surface area contributed by atoms with Gasteiger partial charge in [-0.3, -0.25) is 4.79 Å². The Balaban J connectivity index is 1.48. The summed E-state index contributed by atoms with van der Waals surface area (Å²) in [5, 5.41) is 2.92. The van der Waals surface area contributed by atoms with Gasteiger partial charge in [-0.2, -0.15) is 0 Å². The number of nitrogens with zero attached hydrogens (tertiary/aromatic N) is 5. The molecule has 5 heterocycles. The lowest BCUT2D eigenvalue weighted by Crippen LogP contribution is -2.38. The van der Waals surface area contributed by atoms with Crippen molar-refractivity contribution in [2.45, 2.75) is 36.7 Å². The van der Waals surface area contributed by atoms with Crippen LogP contribution in [-0.4, -0.2) is 65.8 Å². The first-order valence-corrected chi connectivity index (χ1v) is 11.7. The molecule has 2 fully saturated rings. The lowest BCUT2D eigenvalue weighted by molar-refractivity contribution is 0.0749. The predicted molar refractivity (Wildman–Crippen MR) is 104 cm³/mol. The molecule has 2 aromatic heterocycles. The molecule has 0 aliphatic carbocycles. The third kappa shape index (κ3) is 3.19. The fourth-order valence-electron chi connectivity index (χ4n) is 4.74. The van der Waals surface area contributed by atoms with Gasteiger partial charge in [-0.1, -0.05) is 12.1 Å². The second kappa shape index (κ2) is 6.79. The van der Waals surface area contributed by atoms with Crippen molar-refractivity contribution in [3.8, 4) is 0 Å². The van der Waals surface area contributed by atoms with Crippen LogP contribution in [0.1, 0.15) is 47.5 Å². The molecule has 1 amide bonds. The third-order valence-corrected chi connectivity index (χ3v) is 8.31. The van der Waals surface area contributed by atoms with E-state index in [1.165, 1.54) is 23.6 Å². The summed E-state index contributed by atoms with van der Waals surface area (Å²) in [5.74, 6) is 0.593. The lowest BCUT2D eigenvalue weighted by Gasteiger charge is -2.32. The minimum atomic E-state index is -3.39. The Bertz CT molecular complexity index is 1040. The number of hydrogen-bond acceptors (Lipinski definition) is 8. The second-order valence-corrected chi connectivity index (χ2v) is 10.5. The summed E-state index contributed by atoms with van der Waals surface area (Å²) in [6, 6.07) is 1.49. The van der Waals surface area contributed by atoms with E-state index < -0.39 is 15.1 Å². The summed E-state index contributed by atoms with van der Waals surface area (Å²) < 4.78 is 30.7. The largest absolute Gasteiger partial charge is 0.351 e. The van der Waals surface area contributed by atoms with Gasteiger partial charge >= 0.3 is 0 Å². The molecule has 0 radical (unpaired) electrons. The maximum atomic E-state index is 12.9. The predicted octanol–water partition coefficient (Wildman–Crippen LogP) is 1.24. The minimum absolute atomic E-state index is 0.0788. The topological polar surface area (TPSA) is 110 Å². The average molecular weight is 417 g/mol. The molecule has 5 rings (SSSR count). The van der Waals surface area contributed by atoms with Crippen molar-refractivity contribution in [2.24, 2.45) is 5.92 Å². The van der Waals surface area contributed by atoms with Gasteiger partial charge in [0.05, 0.1) is 22.9 Å². The van der Waals surface area contributed by atoms with Gasteiger partial charge in [-0.05, 0) is 18.8 Å². The molecular formula is C19H23N5O4S. The molecule has 29 heavy (non-hydrogen) atoms. The van der Waals surface area contributed by atoms with Crippen molar-refractivity contribution in [1.29, 1.82) is 0 Å². The standard InChI is InChI=1S/C19H23N5O4S/c1-12-3-2-6-23(8-12)19-20-7-13-11-29(26,27)16-10-24(9-14(16)17(13)22-19)18(25)15-4-5-21-28-15/h4-5,7,12,14,16H,2-3,6,8-11H2,1H3/t12?,14-,16+/m0/s1. The number of aromatic nitrogens is 3.